The van der Waals surface area contributed by atoms with Crippen molar-refractivity contribution in [3.8, 4) is 5.69 Å². The van der Waals surface area contributed by atoms with Gasteiger partial charge in [-0.15, -0.1) is 5.10 Å². The van der Waals surface area contributed by atoms with Crippen LogP contribution in [-0.4, -0.2) is 64.1 Å². The van der Waals surface area contributed by atoms with Crippen molar-refractivity contribution in [2.24, 2.45) is 0 Å². The molecule has 1 amide bonds. The number of nitrogens with zero attached hydrogens (tertiary/aromatic N) is 5. The molecular formula is C20H22N6O4S. The molecule has 0 bridgehead atoms. The molecule has 0 radical (unpaired) electrons. The van der Waals surface area contributed by atoms with Crippen LogP contribution in [0.1, 0.15) is 24.2 Å². The van der Waals surface area contributed by atoms with Gasteiger partial charge in [-0.05, 0) is 66.7 Å². The highest BCUT2D eigenvalue weighted by molar-refractivity contribution is 7.89. The molecular weight excluding hydrogens is 420 g/mol. The third kappa shape index (κ3) is 4.63. The highest BCUT2D eigenvalue weighted by Crippen LogP contribution is 2.22. The minimum atomic E-state index is -3.66. The number of anilines is 1. The van der Waals surface area contributed by atoms with Crippen molar-refractivity contribution in [1.82, 2.24) is 24.5 Å². The van der Waals surface area contributed by atoms with Crippen LogP contribution >= 0.6 is 0 Å². The van der Waals surface area contributed by atoms with Crippen LogP contribution in [0.2, 0.25) is 0 Å². The predicted octanol–water partition coefficient (Wildman–Crippen LogP) is 1.71. The van der Waals surface area contributed by atoms with Crippen LogP contribution in [0.4, 0.5) is 5.69 Å². The zero-order valence-corrected chi connectivity index (χ0v) is 17.9. The Morgan fingerprint density at radius 3 is 2.45 bits per heavy atom. The van der Waals surface area contributed by atoms with Gasteiger partial charge < -0.3 is 10.1 Å². The largest absolute Gasteiger partial charge is 0.373 e. The number of benzene rings is 2. The van der Waals surface area contributed by atoms with Gasteiger partial charge in [-0.3, -0.25) is 4.79 Å². The van der Waals surface area contributed by atoms with Gasteiger partial charge in [0.15, 0.2) is 0 Å². The summed E-state index contributed by atoms with van der Waals surface area (Å²) in [7, 11) is -3.66. The maximum atomic E-state index is 13.0. The van der Waals surface area contributed by atoms with Crippen molar-refractivity contribution in [2.45, 2.75) is 31.0 Å². The first-order valence-electron chi connectivity index (χ1n) is 9.73. The standard InChI is InChI=1S/C20H22N6O4S/c1-14-11-25(12-15(2)30-14)31(28,29)19-8-6-16(7-9-19)20(27)22-17-4-3-5-18(10-17)26-13-21-23-24-26/h3-10,13-15H,11-12H2,1-2H3,(H,22,27). The summed E-state index contributed by atoms with van der Waals surface area (Å²) in [6.07, 6.45) is 1.11. The van der Waals surface area contributed by atoms with Crippen LogP contribution in [0.15, 0.2) is 59.8 Å². The summed E-state index contributed by atoms with van der Waals surface area (Å²) in [4.78, 5) is 12.8. The molecule has 0 aliphatic carbocycles. The average molecular weight is 443 g/mol. The Morgan fingerprint density at radius 1 is 1.10 bits per heavy atom. The first kappa shape index (κ1) is 21.1. The van der Waals surface area contributed by atoms with Crippen LogP contribution < -0.4 is 5.32 Å². The lowest BCUT2D eigenvalue weighted by molar-refractivity contribution is -0.0440. The number of ether oxygens (including phenoxy) is 1. The number of carbonyl (C=O) groups excluding carboxylic acids is 1. The van der Waals surface area contributed by atoms with Crippen molar-refractivity contribution >= 4 is 21.6 Å². The zero-order chi connectivity index (χ0) is 22.0. The Hall–Kier alpha value is -3.15. The van der Waals surface area contributed by atoms with Crippen LogP contribution in [0.25, 0.3) is 5.69 Å². The normalized spacial score (nSPS) is 19.8. The van der Waals surface area contributed by atoms with Crippen LogP contribution in [0, 0.1) is 0 Å². The third-order valence-electron chi connectivity index (χ3n) is 4.86. The van der Waals surface area contributed by atoms with Crippen molar-refractivity contribution in [3.05, 3.63) is 60.4 Å². The Bertz CT molecular complexity index is 1150. The van der Waals surface area contributed by atoms with E-state index >= 15 is 0 Å². The topological polar surface area (TPSA) is 119 Å². The molecule has 11 heteroatoms. The number of nitrogens with one attached hydrogen (secondary N) is 1. The van der Waals surface area contributed by atoms with E-state index in [2.05, 4.69) is 20.8 Å². The molecule has 2 heterocycles. The number of rotatable bonds is 5. The molecule has 1 aliphatic rings. The summed E-state index contributed by atoms with van der Waals surface area (Å²) in [6, 6.07) is 12.9. The van der Waals surface area contributed by atoms with Crippen molar-refractivity contribution in [3.63, 3.8) is 0 Å². The highest BCUT2D eigenvalue weighted by atomic mass is 32.2. The summed E-state index contributed by atoms with van der Waals surface area (Å²) in [6.45, 7) is 4.29. The molecule has 1 aliphatic heterocycles. The fourth-order valence-corrected chi connectivity index (χ4v) is 5.05. The molecule has 2 unspecified atom stereocenters. The highest BCUT2D eigenvalue weighted by Gasteiger charge is 2.32. The second-order valence-electron chi connectivity index (χ2n) is 7.36. The first-order valence-corrected chi connectivity index (χ1v) is 11.2. The van der Waals surface area contributed by atoms with E-state index in [0.717, 1.165) is 0 Å². The quantitative estimate of drug-likeness (QED) is 0.639. The number of hydrogen-bond donors (Lipinski definition) is 1. The number of morpholine rings is 1. The van der Waals surface area contributed by atoms with Gasteiger partial charge in [-0.1, -0.05) is 6.07 Å². The second-order valence-corrected chi connectivity index (χ2v) is 9.30. The first-order chi connectivity index (χ1) is 14.8. The van der Waals surface area contributed by atoms with Gasteiger partial charge in [-0.25, -0.2) is 13.1 Å². The smallest absolute Gasteiger partial charge is 0.255 e. The number of aromatic nitrogens is 4. The molecule has 31 heavy (non-hydrogen) atoms. The van der Waals surface area contributed by atoms with Gasteiger partial charge in [0.05, 0.1) is 22.8 Å². The zero-order valence-electron chi connectivity index (χ0n) is 17.0. The van der Waals surface area contributed by atoms with Gasteiger partial charge in [0.1, 0.15) is 6.33 Å². The Labute approximate surface area is 179 Å². The average Bonchev–Trinajstić information content (AvgIpc) is 3.28. The fourth-order valence-electron chi connectivity index (χ4n) is 3.46. The molecule has 1 N–H and O–H groups in total. The number of amides is 1. The van der Waals surface area contributed by atoms with E-state index in [9.17, 15) is 13.2 Å². The predicted molar refractivity (Wildman–Crippen MR) is 112 cm³/mol. The maximum absolute atomic E-state index is 13.0. The van der Waals surface area contributed by atoms with Crippen molar-refractivity contribution < 1.29 is 17.9 Å². The summed E-state index contributed by atoms with van der Waals surface area (Å²) < 4.78 is 34.4. The van der Waals surface area contributed by atoms with E-state index in [1.54, 1.807) is 24.3 Å². The van der Waals surface area contributed by atoms with Crippen molar-refractivity contribution in [1.29, 1.82) is 0 Å². The number of sulfonamides is 1. The minimum absolute atomic E-state index is 0.144. The number of carbonyl (C=O) groups is 1. The van der Waals surface area contributed by atoms with Crippen LogP contribution in [0.5, 0.6) is 0 Å². The van der Waals surface area contributed by atoms with E-state index in [-0.39, 0.29) is 23.0 Å². The number of hydrogen-bond acceptors (Lipinski definition) is 7. The van der Waals surface area contributed by atoms with Gasteiger partial charge in [-0.2, -0.15) is 4.31 Å². The fraction of sp³-hybridized carbons (Fsp3) is 0.300. The van der Waals surface area contributed by atoms with E-state index in [4.69, 9.17) is 4.74 Å². The maximum Gasteiger partial charge on any atom is 0.255 e. The molecule has 2 aromatic carbocycles. The molecule has 2 atom stereocenters. The lowest BCUT2D eigenvalue weighted by atomic mass is 10.2. The van der Waals surface area contributed by atoms with E-state index < -0.39 is 10.0 Å². The SMILES string of the molecule is CC1CN(S(=O)(=O)c2ccc(C(=O)Nc3cccc(-n4cnnn4)c3)cc2)CC(C)O1. The van der Waals surface area contributed by atoms with Crippen molar-refractivity contribution in [2.75, 3.05) is 18.4 Å². The summed E-state index contributed by atoms with van der Waals surface area (Å²) in [5, 5.41) is 13.8. The second kappa shape index (κ2) is 8.53. The Morgan fingerprint density at radius 2 is 1.81 bits per heavy atom. The molecule has 162 valence electrons. The molecule has 4 rings (SSSR count). The molecule has 1 fully saturated rings. The summed E-state index contributed by atoms with van der Waals surface area (Å²) >= 11 is 0. The lowest BCUT2D eigenvalue weighted by Crippen LogP contribution is -2.48. The van der Waals surface area contributed by atoms with Gasteiger partial charge in [0.25, 0.3) is 5.91 Å². The summed E-state index contributed by atoms with van der Waals surface area (Å²) in [5.41, 5.74) is 1.60. The van der Waals surface area contributed by atoms with Gasteiger partial charge in [0, 0.05) is 24.3 Å². The molecule has 3 aromatic rings. The van der Waals surface area contributed by atoms with E-state index in [0.29, 0.717) is 30.0 Å². The molecule has 10 nitrogen and oxygen atoms in total. The van der Waals surface area contributed by atoms with Gasteiger partial charge >= 0.3 is 0 Å². The monoisotopic (exact) mass is 442 g/mol. The molecule has 1 aromatic heterocycles. The lowest BCUT2D eigenvalue weighted by Gasteiger charge is -2.34. The molecule has 0 saturated carbocycles. The Balaban J connectivity index is 1.48. The Kier molecular flexibility index (Phi) is 5.81. The van der Waals surface area contributed by atoms with E-state index in [1.807, 2.05) is 13.8 Å². The summed E-state index contributed by atoms with van der Waals surface area (Å²) in [5.74, 6) is -0.355. The minimum Gasteiger partial charge on any atom is -0.373 e. The van der Waals surface area contributed by atoms with Gasteiger partial charge in [0.2, 0.25) is 10.0 Å². The number of tetrazole rings is 1. The van der Waals surface area contributed by atoms with Crippen LogP contribution in [0.3, 0.4) is 0 Å². The van der Waals surface area contributed by atoms with E-state index in [1.165, 1.54) is 39.6 Å². The molecule has 1 saturated heterocycles. The molecule has 0 spiro atoms. The van der Waals surface area contributed by atoms with Crippen LogP contribution in [-0.2, 0) is 14.8 Å². The third-order valence-corrected chi connectivity index (χ3v) is 6.70.